The molecule has 2 aliphatic heterocycles. The van der Waals surface area contributed by atoms with Gasteiger partial charge in [0, 0.05) is 14.0 Å². The molecule has 0 bridgehead atoms. The maximum Gasteiger partial charge on any atom is 0.327 e. The van der Waals surface area contributed by atoms with Crippen molar-refractivity contribution in [2.24, 2.45) is 0 Å². The van der Waals surface area contributed by atoms with E-state index in [1.807, 2.05) is 44.2 Å². The summed E-state index contributed by atoms with van der Waals surface area (Å²) in [4.78, 5) is 42.3. The van der Waals surface area contributed by atoms with Gasteiger partial charge in [-0.15, -0.1) is 0 Å². The molecular formula is C19H25N3O3. The summed E-state index contributed by atoms with van der Waals surface area (Å²) in [5, 5.41) is 0. The zero-order valence-corrected chi connectivity index (χ0v) is 15.2. The fourth-order valence-corrected chi connectivity index (χ4v) is 3.93. The van der Waals surface area contributed by atoms with Gasteiger partial charge in [0.2, 0.25) is 5.91 Å². The minimum atomic E-state index is -0.508. The van der Waals surface area contributed by atoms with E-state index in [0.717, 1.165) is 18.4 Å². The predicted molar refractivity (Wildman–Crippen MR) is 93.7 cm³/mol. The van der Waals surface area contributed by atoms with Crippen LogP contribution in [0.2, 0.25) is 0 Å². The summed E-state index contributed by atoms with van der Waals surface area (Å²) < 4.78 is 0. The molecule has 134 valence electrons. The quantitative estimate of drug-likeness (QED) is 0.789. The number of benzene rings is 1. The molecule has 6 heteroatoms. The van der Waals surface area contributed by atoms with E-state index < -0.39 is 6.04 Å². The Hall–Kier alpha value is -2.37. The van der Waals surface area contributed by atoms with Crippen molar-refractivity contribution in [3.63, 3.8) is 0 Å². The van der Waals surface area contributed by atoms with Crippen LogP contribution in [0.25, 0.3) is 0 Å². The molecule has 0 aliphatic carbocycles. The van der Waals surface area contributed by atoms with Crippen molar-refractivity contribution in [2.45, 2.75) is 57.8 Å². The zero-order chi connectivity index (χ0) is 18.3. The first-order chi connectivity index (χ1) is 11.9. The minimum Gasteiger partial charge on any atom is -0.323 e. The highest BCUT2D eigenvalue weighted by molar-refractivity contribution is 6.03. The highest BCUT2D eigenvalue weighted by Crippen LogP contribution is 2.40. The average molecular weight is 343 g/mol. The Morgan fingerprint density at radius 2 is 1.80 bits per heavy atom. The molecule has 2 heterocycles. The summed E-state index contributed by atoms with van der Waals surface area (Å²) in [6.45, 7) is 5.45. The van der Waals surface area contributed by atoms with Gasteiger partial charge in [-0.1, -0.05) is 43.7 Å². The molecule has 4 amide bonds. The van der Waals surface area contributed by atoms with Crippen LogP contribution < -0.4 is 0 Å². The number of carbonyl (C=O) groups is 3. The molecular weight excluding hydrogens is 318 g/mol. The predicted octanol–water partition coefficient (Wildman–Crippen LogP) is 2.41. The molecule has 0 spiro atoms. The molecule has 1 aromatic carbocycles. The van der Waals surface area contributed by atoms with Crippen molar-refractivity contribution < 1.29 is 14.4 Å². The summed E-state index contributed by atoms with van der Waals surface area (Å²) >= 11 is 0. The summed E-state index contributed by atoms with van der Waals surface area (Å²) in [5.41, 5.74) is 0.933. The Morgan fingerprint density at radius 3 is 2.36 bits per heavy atom. The summed E-state index contributed by atoms with van der Waals surface area (Å²) in [6.07, 6.45) is 1.67. The minimum absolute atomic E-state index is 0.0829. The Morgan fingerprint density at radius 1 is 1.16 bits per heavy atom. The van der Waals surface area contributed by atoms with E-state index in [1.54, 1.807) is 16.8 Å². The number of imide groups is 1. The molecule has 2 saturated heterocycles. The Balaban J connectivity index is 1.92. The van der Waals surface area contributed by atoms with E-state index in [4.69, 9.17) is 0 Å². The first-order valence-corrected chi connectivity index (χ1v) is 8.83. The smallest absolute Gasteiger partial charge is 0.323 e. The second kappa shape index (κ2) is 6.50. The van der Waals surface area contributed by atoms with Crippen LogP contribution in [0.1, 0.15) is 45.2 Å². The van der Waals surface area contributed by atoms with Gasteiger partial charge in [0.1, 0.15) is 6.04 Å². The van der Waals surface area contributed by atoms with Gasteiger partial charge in [-0.25, -0.2) is 4.79 Å². The first-order valence-electron chi connectivity index (χ1n) is 8.83. The van der Waals surface area contributed by atoms with E-state index in [1.165, 1.54) is 11.8 Å². The Labute approximate surface area is 148 Å². The number of rotatable bonds is 4. The Kier molecular flexibility index (Phi) is 4.54. The van der Waals surface area contributed by atoms with Crippen LogP contribution in [0, 0.1) is 0 Å². The molecule has 0 radical (unpaired) electrons. The number of amides is 4. The number of carbonyl (C=O) groups excluding carboxylic acids is 3. The van der Waals surface area contributed by atoms with E-state index >= 15 is 0 Å². The molecule has 0 N–H and O–H groups in total. The number of nitrogens with zero attached hydrogens (tertiary/aromatic N) is 3. The van der Waals surface area contributed by atoms with Crippen molar-refractivity contribution >= 4 is 17.8 Å². The first kappa shape index (κ1) is 17.5. The number of urea groups is 1. The molecule has 3 rings (SSSR count). The zero-order valence-electron chi connectivity index (χ0n) is 15.2. The monoisotopic (exact) mass is 343 g/mol. The fraction of sp³-hybridized carbons (Fsp3) is 0.526. The van der Waals surface area contributed by atoms with Gasteiger partial charge in [-0.05, 0) is 18.9 Å². The molecule has 0 saturated carbocycles. The molecule has 2 aliphatic rings. The number of hydrogen-bond acceptors (Lipinski definition) is 3. The maximum atomic E-state index is 13.2. The third kappa shape index (κ3) is 2.79. The largest absolute Gasteiger partial charge is 0.327 e. The lowest BCUT2D eigenvalue weighted by Gasteiger charge is -2.24. The average Bonchev–Trinajstić information content (AvgIpc) is 3.27. The number of likely N-dealkylation sites (N-methyl/N-ethyl adjacent to an activating group) is 1. The van der Waals surface area contributed by atoms with Gasteiger partial charge in [0.15, 0.2) is 0 Å². The van der Waals surface area contributed by atoms with Gasteiger partial charge < -0.3 is 9.80 Å². The van der Waals surface area contributed by atoms with E-state index in [0.29, 0.717) is 0 Å². The highest BCUT2D eigenvalue weighted by atomic mass is 16.2. The third-order valence-corrected chi connectivity index (χ3v) is 5.37. The summed E-state index contributed by atoms with van der Waals surface area (Å²) in [5.74, 6) is -0.371. The van der Waals surface area contributed by atoms with E-state index in [2.05, 4.69) is 0 Å². The number of hydrogen-bond donors (Lipinski definition) is 0. The molecule has 0 unspecified atom stereocenters. The second-order valence-electron chi connectivity index (χ2n) is 6.92. The van der Waals surface area contributed by atoms with Crippen molar-refractivity contribution in [2.75, 3.05) is 7.05 Å². The standard InChI is InChI=1S/C19H25N3O3/c1-5-9-15-17(21(15)13(3)23)18(24)22-16(12(2)20(4)19(22)25)14-10-7-6-8-11-14/h6-8,10-12,15-17H,5,9H2,1-4H3/t12-,15-,16-,17+,21?/m0/s1. The van der Waals surface area contributed by atoms with Crippen LogP contribution in [-0.4, -0.2) is 57.7 Å². The van der Waals surface area contributed by atoms with Crippen molar-refractivity contribution in [3.8, 4) is 0 Å². The van der Waals surface area contributed by atoms with Crippen molar-refractivity contribution in [1.82, 2.24) is 14.7 Å². The maximum absolute atomic E-state index is 13.2. The van der Waals surface area contributed by atoms with Crippen LogP contribution in [0.3, 0.4) is 0 Å². The molecule has 6 nitrogen and oxygen atoms in total. The third-order valence-electron chi connectivity index (χ3n) is 5.37. The van der Waals surface area contributed by atoms with Crippen molar-refractivity contribution in [1.29, 1.82) is 0 Å². The van der Waals surface area contributed by atoms with Crippen LogP contribution in [-0.2, 0) is 9.59 Å². The lowest BCUT2D eigenvalue weighted by molar-refractivity contribution is -0.133. The topological polar surface area (TPSA) is 60.7 Å². The lowest BCUT2D eigenvalue weighted by atomic mass is 10.00. The van der Waals surface area contributed by atoms with Crippen LogP contribution in [0.4, 0.5) is 4.79 Å². The molecule has 25 heavy (non-hydrogen) atoms. The van der Waals surface area contributed by atoms with Gasteiger partial charge in [0.05, 0.1) is 18.1 Å². The molecule has 4 atom stereocenters. The van der Waals surface area contributed by atoms with Gasteiger partial charge in [-0.3, -0.25) is 14.5 Å². The second-order valence-corrected chi connectivity index (χ2v) is 6.92. The molecule has 2 fully saturated rings. The summed E-state index contributed by atoms with van der Waals surface area (Å²) in [7, 11) is 1.72. The van der Waals surface area contributed by atoms with Crippen LogP contribution >= 0.6 is 0 Å². The van der Waals surface area contributed by atoms with Crippen molar-refractivity contribution in [3.05, 3.63) is 35.9 Å². The lowest BCUT2D eigenvalue weighted by Crippen LogP contribution is -2.40. The van der Waals surface area contributed by atoms with Gasteiger partial charge in [0.25, 0.3) is 5.91 Å². The fourth-order valence-electron chi connectivity index (χ4n) is 3.93. The SMILES string of the molecule is CCC[C@H]1[C@H](C(=O)N2C(=O)N(C)[C@@H](C)[C@H]2c2ccccc2)N1C(C)=O. The van der Waals surface area contributed by atoms with Gasteiger partial charge >= 0.3 is 6.03 Å². The highest BCUT2D eigenvalue weighted by Gasteiger charge is 2.58. The Bertz CT molecular complexity index is 690. The molecule has 1 aromatic rings. The normalized spacial score (nSPS) is 28.5. The van der Waals surface area contributed by atoms with Crippen LogP contribution in [0.15, 0.2) is 30.3 Å². The van der Waals surface area contributed by atoms with E-state index in [9.17, 15) is 14.4 Å². The van der Waals surface area contributed by atoms with Gasteiger partial charge in [-0.2, -0.15) is 0 Å². The van der Waals surface area contributed by atoms with E-state index in [-0.39, 0.29) is 36.0 Å². The van der Waals surface area contributed by atoms with Crippen LogP contribution in [0.5, 0.6) is 0 Å². The summed E-state index contributed by atoms with van der Waals surface area (Å²) in [6, 6.07) is 8.27. The molecule has 0 aromatic heterocycles.